The Morgan fingerprint density at radius 2 is 2.25 bits per heavy atom. The molecule has 2 atom stereocenters. The van der Waals surface area contributed by atoms with Gasteiger partial charge in [0.25, 0.3) is 0 Å². The predicted molar refractivity (Wildman–Crippen MR) is 67.5 cm³/mol. The number of aryl methyl sites for hydroxylation is 1. The molecule has 2 fully saturated rings. The van der Waals surface area contributed by atoms with Crippen LogP contribution < -0.4 is 5.32 Å². The minimum absolute atomic E-state index is 0.578. The van der Waals surface area contributed by atoms with Crippen LogP contribution in [0.5, 0.6) is 0 Å². The van der Waals surface area contributed by atoms with E-state index in [9.17, 15) is 0 Å². The van der Waals surface area contributed by atoms with Gasteiger partial charge >= 0.3 is 0 Å². The first-order valence-corrected chi connectivity index (χ1v) is 6.53. The molecule has 1 saturated carbocycles. The lowest BCUT2D eigenvalue weighted by molar-refractivity contribution is 0.229. The first kappa shape index (κ1) is 10.3. The van der Waals surface area contributed by atoms with Crippen LogP contribution >= 0.6 is 0 Å². The van der Waals surface area contributed by atoms with E-state index in [0.717, 1.165) is 5.92 Å². The maximum atomic E-state index is 3.63. The van der Waals surface area contributed by atoms with Gasteiger partial charge in [0.15, 0.2) is 0 Å². The molecule has 1 aromatic rings. The van der Waals surface area contributed by atoms with Gasteiger partial charge in [0, 0.05) is 6.54 Å². The zero-order valence-electron chi connectivity index (χ0n) is 10.1. The SMILES string of the molecule is Cc1ccccc1CC12CCC(CNC1)C2. The maximum absolute atomic E-state index is 3.63. The first-order chi connectivity index (χ1) is 7.77. The Hall–Kier alpha value is -0.820. The Bertz CT molecular complexity index is 381. The third-order valence-electron chi connectivity index (χ3n) is 4.56. The number of hydrogen-bond donors (Lipinski definition) is 1. The van der Waals surface area contributed by atoms with Gasteiger partial charge in [-0.15, -0.1) is 0 Å². The first-order valence-electron chi connectivity index (χ1n) is 6.53. The molecule has 1 nitrogen and oxygen atoms in total. The van der Waals surface area contributed by atoms with Gasteiger partial charge in [-0.2, -0.15) is 0 Å². The molecular formula is C15H21N. The van der Waals surface area contributed by atoms with Gasteiger partial charge in [-0.05, 0) is 61.6 Å². The summed E-state index contributed by atoms with van der Waals surface area (Å²) in [4.78, 5) is 0. The van der Waals surface area contributed by atoms with Crippen LogP contribution in [0, 0.1) is 18.3 Å². The molecule has 86 valence electrons. The molecule has 1 N–H and O–H groups in total. The third-order valence-corrected chi connectivity index (χ3v) is 4.56. The van der Waals surface area contributed by atoms with Gasteiger partial charge < -0.3 is 5.32 Å². The second-order valence-corrected chi connectivity index (χ2v) is 5.84. The van der Waals surface area contributed by atoms with E-state index < -0.39 is 0 Å². The molecular weight excluding hydrogens is 194 g/mol. The van der Waals surface area contributed by atoms with Crippen molar-refractivity contribution in [1.29, 1.82) is 0 Å². The lowest BCUT2D eigenvalue weighted by Gasteiger charge is -2.34. The number of hydrogen-bond acceptors (Lipinski definition) is 1. The third kappa shape index (κ3) is 1.78. The summed E-state index contributed by atoms with van der Waals surface area (Å²) in [5.74, 6) is 0.956. The Morgan fingerprint density at radius 3 is 3.12 bits per heavy atom. The van der Waals surface area contributed by atoms with Crippen molar-refractivity contribution in [1.82, 2.24) is 5.32 Å². The summed E-state index contributed by atoms with van der Waals surface area (Å²) in [6.07, 6.45) is 5.61. The number of fused-ring (bicyclic) bond motifs is 2. The molecule has 1 saturated heterocycles. The van der Waals surface area contributed by atoms with Gasteiger partial charge in [0.1, 0.15) is 0 Å². The highest BCUT2D eigenvalue weighted by atomic mass is 14.9. The molecule has 1 aliphatic heterocycles. The predicted octanol–water partition coefficient (Wildman–Crippen LogP) is 2.93. The highest BCUT2D eigenvalue weighted by Crippen LogP contribution is 2.46. The van der Waals surface area contributed by atoms with E-state index in [1.54, 1.807) is 5.56 Å². The summed E-state index contributed by atoms with van der Waals surface area (Å²) >= 11 is 0. The van der Waals surface area contributed by atoms with Crippen LogP contribution in [0.1, 0.15) is 30.4 Å². The van der Waals surface area contributed by atoms with E-state index in [1.165, 1.54) is 44.3 Å². The fourth-order valence-electron chi connectivity index (χ4n) is 3.64. The lowest BCUT2D eigenvalue weighted by atomic mass is 9.77. The van der Waals surface area contributed by atoms with Gasteiger partial charge in [0.05, 0.1) is 0 Å². The second-order valence-electron chi connectivity index (χ2n) is 5.84. The van der Waals surface area contributed by atoms with Gasteiger partial charge in [-0.1, -0.05) is 24.3 Å². The van der Waals surface area contributed by atoms with Crippen molar-refractivity contribution in [3.05, 3.63) is 35.4 Å². The molecule has 0 amide bonds. The minimum atomic E-state index is 0.578. The smallest absolute Gasteiger partial charge is 0.00112 e. The van der Waals surface area contributed by atoms with Crippen molar-refractivity contribution in [2.24, 2.45) is 11.3 Å². The highest BCUT2D eigenvalue weighted by molar-refractivity contribution is 5.27. The molecule has 0 spiro atoms. The van der Waals surface area contributed by atoms with Crippen LogP contribution in [-0.4, -0.2) is 13.1 Å². The fraction of sp³-hybridized carbons (Fsp3) is 0.600. The van der Waals surface area contributed by atoms with Crippen molar-refractivity contribution in [2.75, 3.05) is 13.1 Å². The molecule has 0 radical (unpaired) electrons. The highest BCUT2D eigenvalue weighted by Gasteiger charge is 2.41. The van der Waals surface area contributed by atoms with Crippen LogP contribution in [0.3, 0.4) is 0 Å². The van der Waals surface area contributed by atoms with E-state index in [4.69, 9.17) is 0 Å². The van der Waals surface area contributed by atoms with Crippen molar-refractivity contribution < 1.29 is 0 Å². The molecule has 0 aromatic heterocycles. The van der Waals surface area contributed by atoms with Crippen LogP contribution in [0.15, 0.2) is 24.3 Å². The molecule has 1 heteroatoms. The summed E-state index contributed by atoms with van der Waals surface area (Å²) < 4.78 is 0. The molecule has 1 heterocycles. The summed E-state index contributed by atoms with van der Waals surface area (Å²) in [5, 5.41) is 3.63. The Balaban J connectivity index is 1.82. The fourth-order valence-corrected chi connectivity index (χ4v) is 3.64. The van der Waals surface area contributed by atoms with Crippen LogP contribution in [-0.2, 0) is 6.42 Å². The average Bonchev–Trinajstić information content (AvgIpc) is 2.58. The molecule has 1 aliphatic carbocycles. The number of nitrogens with one attached hydrogen (secondary N) is 1. The van der Waals surface area contributed by atoms with Crippen molar-refractivity contribution in [2.45, 2.75) is 32.6 Å². The van der Waals surface area contributed by atoms with E-state index in [0.29, 0.717) is 5.41 Å². The zero-order valence-corrected chi connectivity index (χ0v) is 10.1. The number of rotatable bonds is 2. The van der Waals surface area contributed by atoms with E-state index in [-0.39, 0.29) is 0 Å². The van der Waals surface area contributed by atoms with Crippen LogP contribution in [0.4, 0.5) is 0 Å². The van der Waals surface area contributed by atoms with E-state index in [2.05, 4.69) is 36.5 Å². The minimum Gasteiger partial charge on any atom is -0.316 e. The van der Waals surface area contributed by atoms with Crippen molar-refractivity contribution in [3.8, 4) is 0 Å². The summed E-state index contributed by atoms with van der Waals surface area (Å²) in [5.41, 5.74) is 3.60. The topological polar surface area (TPSA) is 12.0 Å². The molecule has 3 rings (SSSR count). The normalized spacial score (nSPS) is 32.9. The Labute approximate surface area is 98.3 Å². The van der Waals surface area contributed by atoms with Crippen LogP contribution in [0.25, 0.3) is 0 Å². The second kappa shape index (κ2) is 3.89. The molecule has 2 aliphatic rings. The summed E-state index contributed by atoms with van der Waals surface area (Å²) in [7, 11) is 0. The Kier molecular flexibility index (Phi) is 2.51. The lowest BCUT2D eigenvalue weighted by Crippen LogP contribution is -2.40. The number of piperidine rings is 1. The molecule has 2 bridgehead atoms. The quantitative estimate of drug-likeness (QED) is 0.800. The molecule has 16 heavy (non-hydrogen) atoms. The largest absolute Gasteiger partial charge is 0.316 e. The van der Waals surface area contributed by atoms with E-state index in [1.807, 2.05) is 0 Å². The van der Waals surface area contributed by atoms with E-state index >= 15 is 0 Å². The van der Waals surface area contributed by atoms with Gasteiger partial charge in [-0.3, -0.25) is 0 Å². The van der Waals surface area contributed by atoms with Crippen LogP contribution in [0.2, 0.25) is 0 Å². The van der Waals surface area contributed by atoms with Gasteiger partial charge in [0.2, 0.25) is 0 Å². The molecule has 2 unspecified atom stereocenters. The maximum Gasteiger partial charge on any atom is 0.00112 e. The molecule has 1 aromatic carbocycles. The van der Waals surface area contributed by atoms with Crippen molar-refractivity contribution >= 4 is 0 Å². The summed E-state index contributed by atoms with van der Waals surface area (Å²) in [6.45, 7) is 4.74. The monoisotopic (exact) mass is 215 g/mol. The standard InChI is InChI=1S/C15H21N/c1-12-4-2-3-5-14(12)9-15-7-6-13(8-15)10-16-11-15/h2-5,13,16H,6-11H2,1H3. The average molecular weight is 215 g/mol. The summed E-state index contributed by atoms with van der Waals surface area (Å²) in [6, 6.07) is 8.88. The zero-order chi connectivity index (χ0) is 11.0. The van der Waals surface area contributed by atoms with Crippen molar-refractivity contribution in [3.63, 3.8) is 0 Å². The Morgan fingerprint density at radius 1 is 1.38 bits per heavy atom. The number of benzene rings is 1. The van der Waals surface area contributed by atoms with Gasteiger partial charge in [-0.25, -0.2) is 0 Å².